The lowest BCUT2D eigenvalue weighted by Crippen LogP contribution is -2.23. The standard InChI is InChI=1S/C16H19BrN2O2/c1-4-19(16-9-13(17)7-8-18-16)11-12-5-6-14(20-2)10-15(12)21-3/h5-10H,4,11H2,1-3H3. The highest BCUT2D eigenvalue weighted by Gasteiger charge is 2.11. The Morgan fingerprint density at radius 1 is 1.14 bits per heavy atom. The van der Waals surface area contributed by atoms with Crippen molar-refractivity contribution in [1.29, 1.82) is 0 Å². The molecule has 0 aliphatic carbocycles. The molecule has 1 aromatic carbocycles. The number of methoxy groups -OCH3 is 2. The summed E-state index contributed by atoms with van der Waals surface area (Å²) in [6.45, 7) is 3.70. The Morgan fingerprint density at radius 3 is 2.57 bits per heavy atom. The van der Waals surface area contributed by atoms with Crippen LogP contribution in [0.2, 0.25) is 0 Å². The van der Waals surface area contributed by atoms with Crippen LogP contribution in [-0.2, 0) is 6.54 Å². The zero-order valence-electron chi connectivity index (χ0n) is 12.5. The van der Waals surface area contributed by atoms with E-state index in [-0.39, 0.29) is 0 Å². The molecule has 0 radical (unpaired) electrons. The molecule has 0 spiro atoms. The fraction of sp³-hybridized carbons (Fsp3) is 0.312. The summed E-state index contributed by atoms with van der Waals surface area (Å²) in [5, 5.41) is 0. The molecule has 0 saturated carbocycles. The molecule has 0 atom stereocenters. The van der Waals surface area contributed by atoms with Crippen molar-refractivity contribution in [3.63, 3.8) is 0 Å². The molecule has 0 unspecified atom stereocenters. The summed E-state index contributed by atoms with van der Waals surface area (Å²) in [7, 11) is 3.32. The maximum atomic E-state index is 5.46. The van der Waals surface area contributed by atoms with Crippen LogP contribution in [0.15, 0.2) is 41.0 Å². The van der Waals surface area contributed by atoms with Crippen molar-refractivity contribution >= 4 is 21.7 Å². The number of halogens is 1. The number of aromatic nitrogens is 1. The highest BCUT2D eigenvalue weighted by Crippen LogP contribution is 2.27. The number of hydrogen-bond acceptors (Lipinski definition) is 4. The van der Waals surface area contributed by atoms with Gasteiger partial charge >= 0.3 is 0 Å². The SMILES string of the molecule is CCN(Cc1ccc(OC)cc1OC)c1cc(Br)ccn1. The topological polar surface area (TPSA) is 34.6 Å². The monoisotopic (exact) mass is 350 g/mol. The molecule has 1 aromatic heterocycles. The average molecular weight is 351 g/mol. The van der Waals surface area contributed by atoms with E-state index < -0.39 is 0 Å². The number of pyridine rings is 1. The van der Waals surface area contributed by atoms with Gasteiger partial charge in [0.15, 0.2) is 0 Å². The molecular weight excluding hydrogens is 332 g/mol. The van der Waals surface area contributed by atoms with E-state index in [4.69, 9.17) is 9.47 Å². The number of rotatable bonds is 6. The lowest BCUT2D eigenvalue weighted by Gasteiger charge is -2.23. The molecule has 0 aliphatic rings. The van der Waals surface area contributed by atoms with Crippen LogP contribution in [0.1, 0.15) is 12.5 Å². The highest BCUT2D eigenvalue weighted by atomic mass is 79.9. The first-order valence-electron chi connectivity index (χ1n) is 6.75. The summed E-state index contributed by atoms with van der Waals surface area (Å²) in [6.07, 6.45) is 1.80. The quantitative estimate of drug-likeness (QED) is 0.791. The van der Waals surface area contributed by atoms with Crippen LogP contribution in [-0.4, -0.2) is 25.7 Å². The Bertz CT molecular complexity index is 605. The lowest BCUT2D eigenvalue weighted by molar-refractivity contribution is 0.391. The first kappa shape index (κ1) is 15.6. The van der Waals surface area contributed by atoms with Gasteiger partial charge in [-0.2, -0.15) is 0 Å². The third-order valence-corrected chi connectivity index (χ3v) is 3.76. The minimum Gasteiger partial charge on any atom is -0.497 e. The second kappa shape index (κ2) is 7.31. The molecule has 2 rings (SSSR count). The maximum Gasteiger partial charge on any atom is 0.129 e. The Labute approximate surface area is 133 Å². The molecule has 4 nitrogen and oxygen atoms in total. The van der Waals surface area contributed by atoms with E-state index in [1.54, 1.807) is 20.4 Å². The van der Waals surface area contributed by atoms with Crippen LogP contribution < -0.4 is 14.4 Å². The van der Waals surface area contributed by atoms with Crippen LogP contribution in [0.25, 0.3) is 0 Å². The van der Waals surface area contributed by atoms with Crippen LogP contribution in [0.4, 0.5) is 5.82 Å². The van der Waals surface area contributed by atoms with E-state index in [9.17, 15) is 0 Å². The van der Waals surface area contributed by atoms with Crippen molar-refractivity contribution in [3.05, 3.63) is 46.6 Å². The van der Waals surface area contributed by atoms with Crippen molar-refractivity contribution in [1.82, 2.24) is 4.98 Å². The number of hydrogen-bond donors (Lipinski definition) is 0. The third-order valence-electron chi connectivity index (χ3n) is 3.27. The molecule has 5 heteroatoms. The van der Waals surface area contributed by atoms with Crippen molar-refractivity contribution < 1.29 is 9.47 Å². The number of benzene rings is 1. The molecule has 0 amide bonds. The smallest absolute Gasteiger partial charge is 0.129 e. The van der Waals surface area contributed by atoms with Gasteiger partial charge in [-0.25, -0.2) is 4.98 Å². The normalized spacial score (nSPS) is 10.3. The summed E-state index contributed by atoms with van der Waals surface area (Å²) in [6, 6.07) is 9.81. The molecule has 2 aromatic rings. The number of anilines is 1. The van der Waals surface area contributed by atoms with Gasteiger partial charge < -0.3 is 14.4 Å². The summed E-state index contributed by atoms with van der Waals surface area (Å²) in [4.78, 5) is 6.62. The van der Waals surface area contributed by atoms with Gasteiger partial charge in [0.1, 0.15) is 17.3 Å². The van der Waals surface area contributed by atoms with E-state index >= 15 is 0 Å². The summed E-state index contributed by atoms with van der Waals surface area (Å²) < 4.78 is 11.7. The minimum atomic E-state index is 0.729. The number of nitrogens with zero attached hydrogens (tertiary/aromatic N) is 2. The highest BCUT2D eigenvalue weighted by molar-refractivity contribution is 9.10. The Balaban J connectivity index is 2.26. The van der Waals surface area contributed by atoms with E-state index in [1.165, 1.54) is 0 Å². The molecule has 0 aliphatic heterocycles. The van der Waals surface area contributed by atoms with Gasteiger partial charge in [0.2, 0.25) is 0 Å². The van der Waals surface area contributed by atoms with Crippen LogP contribution in [0.3, 0.4) is 0 Å². The zero-order chi connectivity index (χ0) is 15.2. The van der Waals surface area contributed by atoms with Crippen molar-refractivity contribution in [2.24, 2.45) is 0 Å². The van der Waals surface area contributed by atoms with E-state index in [1.807, 2.05) is 30.3 Å². The van der Waals surface area contributed by atoms with Gasteiger partial charge in [0, 0.05) is 35.4 Å². The Morgan fingerprint density at radius 2 is 1.95 bits per heavy atom. The van der Waals surface area contributed by atoms with E-state index in [2.05, 4.69) is 32.7 Å². The molecule has 0 fully saturated rings. The van der Waals surface area contributed by atoms with Gasteiger partial charge in [0.25, 0.3) is 0 Å². The predicted octanol–water partition coefficient (Wildman–Crippen LogP) is 3.89. The molecule has 1 heterocycles. The van der Waals surface area contributed by atoms with Crippen molar-refractivity contribution in [3.8, 4) is 11.5 Å². The van der Waals surface area contributed by atoms with E-state index in [0.717, 1.165) is 40.4 Å². The van der Waals surface area contributed by atoms with Gasteiger partial charge in [-0.15, -0.1) is 0 Å². The zero-order valence-corrected chi connectivity index (χ0v) is 14.1. The van der Waals surface area contributed by atoms with Gasteiger partial charge in [-0.05, 0) is 31.2 Å². The molecule has 0 saturated heterocycles. The second-order valence-corrected chi connectivity index (χ2v) is 5.44. The molecule has 21 heavy (non-hydrogen) atoms. The van der Waals surface area contributed by atoms with Gasteiger partial charge in [0.05, 0.1) is 14.2 Å². The first-order chi connectivity index (χ1) is 10.2. The fourth-order valence-corrected chi connectivity index (χ4v) is 2.43. The van der Waals surface area contributed by atoms with Crippen molar-refractivity contribution in [2.75, 3.05) is 25.7 Å². The fourth-order valence-electron chi connectivity index (χ4n) is 2.11. The van der Waals surface area contributed by atoms with Crippen LogP contribution in [0.5, 0.6) is 11.5 Å². The molecule has 112 valence electrons. The Kier molecular flexibility index (Phi) is 5.44. The molecule has 0 bridgehead atoms. The average Bonchev–Trinajstić information content (AvgIpc) is 2.52. The van der Waals surface area contributed by atoms with Crippen molar-refractivity contribution in [2.45, 2.75) is 13.5 Å². The second-order valence-electron chi connectivity index (χ2n) is 4.52. The maximum absolute atomic E-state index is 5.46. The van der Waals surface area contributed by atoms with Gasteiger partial charge in [-0.1, -0.05) is 15.9 Å². The number of ether oxygens (including phenoxy) is 2. The summed E-state index contributed by atoms with van der Waals surface area (Å²) >= 11 is 3.48. The largest absolute Gasteiger partial charge is 0.497 e. The lowest BCUT2D eigenvalue weighted by atomic mass is 10.1. The van der Waals surface area contributed by atoms with Crippen LogP contribution >= 0.6 is 15.9 Å². The third kappa shape index (κ3) is 3.88. The van der Waals surface area contributed by atoms with Gasteiger partial charge in [-0.3, -0.25) is 0 Å². The van der Waals surface area contributed by atoms with E-state index in [0.29, 0.717) is 0 Å². The minimum absolute atomic E-state index is 0.729. The molecule has 0 N–H and O–H groups in total. The van der Waals surface area contributed by atoms with Crippen LogP contribution in [0, 0.1) is 0 Å². The summed E-state index contributed by atoms with van der Waals surface area (Å²) in [5.74, 6) is 2.55. The first-order valence-corrected chi connectivity index (χ1v) is 7.54. The Hall–Kier alpha value is -1.75. The predicted molar refractivity (Wildman–Crippen MR) is 88.2 cm³/mol. The molecular formula is C16H19BrN2O2. The summed E-state index contributed by atoms with van der Waals surface area (Å²) in [5.41, 5.74) is 1.10.